The van der Waals surface area contributed by atoms with Gasteiger partial charge in [0, 0.05) is 23.5 Å². The SMILES string of the molecule is COCCOc1ccc2nc(C)c(-c3csc(C4(c5ccc(C(=O)NO)cc5)CCCC4)n3)n2c1. The summed E-state index contributed by atoms with van der Waals surface area (Å²) in [5.41, 5.74) is 6.70. The fourth-order valence-electron chi connectivity index (χ4n) is 4.99. The van der Waals surface area contributed by atoms with E-state index in [1.165, 1.54) is 0 Å². The Morgan fingerprint density at radius 3 is 2.63 bits per heavy atom. The number of hydrogen-bond acceptors (Lipinski definition) is 7. The van der Waals surface area contributed by atoms with E-state index >= 15 is 0 Å². The van der Waals surface area contributed by atoms with Crippen molar-refractivity contribution in [3.63, 3.8) is 0 Å². The Kier molecular flexibility index (Phi) is 6.55. The van der Waals surface area contributed by atoms with E-state index in [-0.39, 0.29) is 5.41 Å². The molecule has 3 heterocycles. The third-order valence-corrected chi connectivity index (χ3v) is 7.78. The highest BCUT2D eigenvalue weighted by molar-refractivity contribution is 7.10. The van der Waals surface area contributed by atoms with Gasteiger partial charge in [0.1, 0.15) is 28.7 Å². The molecule has 9 heteroatoms. The Morgan fingerprint density at radius 1 is 1.14 bits per heavy atom. The van der Waals surface area contributed by atoms with Gasteiger partial charge < -0.3 is 9.47 Å². The second-order valence-corrected chi connectivity index (χ2v) is 9.68. The molecule has 0 spiro atoms. The molecule has 5 rings (SSSR count). The van der Waals surface area contributed by atoms with Crippen molar-refractivity contribution >= 4 is 22.9 Å². The number of carbonyl (C=O) groups is 1. The minimum atomic E-state index is -0.512. The summed E-state index contributed by atoms with van der Waals surface area (Å²) in [6, 6.07) is 11.4. The number of aromatic nitrogens is 3. The second-order valence-electron chi connectivity index (χ2n) is 8.83. The second kappa shape index (κ2) is 9.77. The largest absolute Gasteiger partial charge is 0.490 e. The van der Waals surface area contributed by atoms with Gasteiger partial charge in [-0.25, -0.2) is 15.4 Å². The van der Waals surface area contributed by atoms with Crippen LogP contribution in [0.25, 0.3) is 17.0 Å². The van der Waals surface area contributed by atoms with E-state index in [9.17, 15) is 4.79 Å². The number of benzene rings is 1. The highest BCUT2D eigenvalue weighted by Crippen LogP contribution is 2.48. The summed E-state index contributed by atoms with van der Waals surface area (Å²) in [5, 5.41) is 12.1. The van der Waals surface area contributed by atoms with E-state index in [4.69, 9.17) is 24.6 Å². The quantitative estimate of drug-likeness (QED) is 0.209. The lowest BCUT2D eigenvalue weighted by Crippen LogP contribution is -2.24. The molecule has 1 fully saturated rings. The maximum Gasteiger partial charge on any atom is 0.274 e. The zero-order valence-corrected chi connectivity index (χ0v) is 20.6. The summed E-state index contributed by atoms with van der Waals surface area (Å²) in [5.74, 6) is 0.241. The first-order valence-electron chi connectivity index (χ1n) is 11.7. The highest BCUT2D eigenvalue weighted by atomic mass is 32.1. The third-order valence-electron chi connectivity index (χ3n) is 6.74. The van der Waals surface area contributed by atoms with Crippen LogP contribution in [0, 0.1) is 6.92 Å². The number of ether oxygens (including phenoxy) is 2. The smallest absolute Gasteiger partial charge is 0.274 e. The van der Waals surface area contributed by atoms with Gasteiger partial charge >= 0.3 is 0 Å². The number of nitrogens with one attached hydrogen (secondary N) is 1. The molecule has 1 aliphatic carbocycles. The van der Waals surface area contributed by atoms with Gasteiger partial charge in [-0.1, -0.05) is 25.0 Å². The lowest BCUT2D eigenvalue weighted by Gasteiger charge is -2.27. The van der Waals surface area contributed by atoms with Crippen LogP contribution in [0.3, 0.4) is 0 Å². The van der Waals surface area contributed by atoms with Crippen molar-refractivity contribution in [2.45, 2.75) is 38.0 Å². The Labute approximate surface area is 207 Å². The van der Waals surface area contributed by atoms with E-state index in [0.717, 1.165) is 64.7 Å². The van der Waals surface area contributed by atoms with Crippen molar-refractivity contribution in [1.29, 1.82) is 0 Å². The summed E-state index contributed by atoms with van der Waals surface area (Å²) in [6.45, 7) is 3.01. The van der Waals surface area contributed by atoms with Crippen molar-refractivity contribution in [3.8, 4) is 17.1 Å². The molecule has 0 bridgehead atoms. The fourth-order valence-corrected chi connectivity index (χ4v) is 6.08. The molecule has 182 valence electrons. The first kappa shape index (κ1) is 23.5. The molecule has 2 N–H and O–H groups in total. The zero-order chi connectivity index (χ0) is 24.4. The number of carbonyl (C=O) groups excluding carboxylic acids is 1. The van der Waals surface area contributed by atoms with E-state index in [2.05, 4.69) is 5.38 Å². The van der Waals surface area contributed by atoms with Crippen molar-refractivity contribution < 1.29 is 19.5 Å². The molecule has 0 aliphatic heterocycles. The number of nitrogens with zero attached hydrogens (tertiary/aromatic N) is 3. The van der Waals surface area contributed by atoms with Crippen LogP contribution in [0.15, 0.2) is 48.0 Å². The highest BCUT2D eigenvalue weighted by Gasteiger charge is 2.40. The normalized spacial score (nSPS) is 14.9. The van der Waals surface area contributed by atoms with E-state index in [0.29, 0.717) is 18.8 Å². The van der Waals surface area contributed by atoms with Gasteiger partial charge in [0.05, 0.1) is 24.2 Å². The number of rotatable bonds is 8. The van der Waals surface area contributed by atoms with Gasteiger partial charge in [-0.2, -0.15) is 0 Å². The molecule has 0 radical (unpaired) electrons. The van der Waals surface area contributed by atoms with Gasteiger partial charge in [0.25, 0.3) is 5.91 Å². The van der Waals surface area contributed by atoms with Crippen LogP contribution in [-0.4, -0.2) is 45.8 Å². The van der Waals surface area contributed by atoms with Crippen molar-refractivity contribution in [1.82, 2.24) is 19.8 Å². The molecule has 3 aromatic heterocycles. The molecule has 8 nitrogen and oxygen atoms in total. The van der Waals surface area contributed by atoms with E-state index in [1.54, 1.807) is 36.1 Å². The summed E-state index contributed by atoms with van der Waals surface area (Å²) in [4.78, 5) is 21.7. The summed E-state index contributed by atoms with van der Waals surface area (Å²) < 4.78 is 12.9. The Balaban J connectivity index is 1.51. The number of fused-ring (bicyclic) bond motifs is 1. The molecule has 1 aromatic carbocycles. The fraction of sp³-hybridized carbons (Fsp3) is 0.346. The molecule has 0 atom stereocenters. The number of amides is 1. The number of methoxy groups -OCH3 is 1. The van der Waals surface area contributed by atoms with Crippen molar-refractivity contribution in [2.24, 2.45) is 0 Å². The van der Waals surface area contributed by atoms with Gasteiger partial charge in [0.2, 0.25) is 0 Å². The Hall–Kier alpha value is -3.27. The number of thiazole rings is 1. The van der Waals surface area contributed by atoms with Gasteiger partial charge in [-0.15, -0.1) is 11.3 Å². The Morgan fingerprint density at radius 2 is 1.91 bits per heavy atom. The molecule has 0 saturated heterocycles. The lowest BCUT2D eigenvalue weighted by molar-refractivity contribution is 0.0706. The molecular weight excluding hydrogens is 464 g/mol. The average molecular weight is 493 g/mol. The number of aryl methyl sites for hydroxylation is 1. The Bertz CT molecular complexity index is 1340. The lowest BCUT2D eigenvalue weighted by atomic mass is 9.79. The van der Waals surface area contributed by atoms with Crippen LogP contribution in [0.1, 0.15) is 52.3 Å². The van der Waals surface area contributed by atoms with E-state index in [1.807, 2.05) is 41.8 Å². The molecular formula is C26H28N4O4S. The number of pyridine rings is 1. The van der Waals surface area contributed by atoms with Crippen LogP contribution in [0.4, 0.5) is 0 Å². The molecule has 1 aliphatic rings. The van der Waals surface area contributed by atoms with Crippen molar-refractivity contribution in [3.05, 3.63) is 69.8 Å². The predicted octanol–water partition coefficient (Wildman–Crippen LogP) is 4.77. The van der Waals surface area contributed by atoms with Gasteiger partial charge in [0.15, 0.2) is 0 Å². The van der Waals surface area contributed by atoms with Crippen molar-refractivity contribution in [2.75, 3.05) is 20.3 Å². The average Bonchev–Trinajstić information content (AvgIpc) is 3.62. The predicted molar refractivity (Wildman–Crippen MR) is 133 cm³/mol. The maximum absolute atomic E-state index is 11.8. The molecule has 1 saturated carbocycles. The summed E-state index contributed by atoms with van der Waals surface area (Å²) >= 11 is 1.67. The van der Waals surface area contributed by atoms with Crippen LogP contribution in [-0.2, 0) is 10.2 Å². The van der Waals surface area contributed by atoms with Crippen LogP contribution in [0.2, 0.25) is 0 Å². The molecule has 1 amide bonds. The first-order valence-corrected chi connectivity index (χ1v) is 12.6. The molecule has 4 aromatic rings. The number of hydroxylamine groups is 1. The minimum absolute atomic E-state index is 0.181. The third kappa shape index (κ3) is 4.31. The summed E-state index contributed by atoms with van der Waals surface area (Å²) in [6.07, 6.45) is 6.23. The monoisotopic (exact) mass is 492 g/mol. The zero-order valence-electron chi connectivity index (χ0n) is 19.8. The van der Waals surface area contributed by atoms with Crippen LogP contribution >= 0.6 is 11.3 Å². The number of hydrogen-bond donors (Lipinski definition) is 2. The minimum Gasteiger partial charge on any atom is -0.490 e. The summed E-state index contributed by atoms with van der Waals surface area (Å²) in [7, 11) is 1.65. The van der Waals surface area contributed by atoms with Crippen LogP contribution < -0.4 is 10.2 Å². The van der Waals surface area contributed by atoms with E-state index < -0.39 is 5.91 Å². The first-order chi connectivity index (χ1) is 17.1. The number of imidazole rings is 1. The molecule has 35 heavy (non-hydrogen) atoms. The topological polar surface area (TPSA) is 98.0 Å². The molecule has 0 unspecified atom stereocenters. The van der Waals surface area contributed by atoms with Gasteiger partial charge in [-0.05, 0) is 49.6 Å². The van der Waals surface area contributed by atoms with Gasteiger partial charge in [-0.3, -0.25) is 14.4 Å². The maximum atomic E-state index is 11.8. The standard InChI is InChI=1S/C26H28N4O4S/c1-17-23(30-15-20(34-14-13-33-2)9-10-22(30)27-17)21-16-35-25(28-21)26(11-3-4-12-26)19-7-5-18(6-8-19)24(31)29-32/h5-10,15-16,32H,3-4,11-14H2,1-2H3,(H,29,31). The van der Waals surface area contributed by atoms with Crippen LogP contribution in [0.5, 0.6) is 5.75 Å².